The van der Waals surface area contributed by atoms with Gasteiger partial charge in [-0.25, -0.2) is 14.8 Å². The van der Waals surface area contributed by atoms with Crippen molar-refractivity contribution >= 4 is 23.4 Å². The average Bonchev–Trinajstić information content (AvgIpc) is 2.89. The molecule has 0 saturated carbocycles. The van der Waals surface area contributed by atoms with E-state index in [1.807, 2.05) is 18.9 Å². The number of alkyl halides is 3. The molecule has 0 aromatic carbocycles. The van der Waals surface area contributed by atoms with Crippen molar-refractivity contribution in [2.24, 2.45) is 0 Å². The van der Waals surface area contributed by atoms with Gasteiger partial charge in [-0.1, -0.05) is 6.07 Å². The number of pyridine rings is 3. The number of urea groups is 1. The molecule has 4 rings (SSSR count). The van der Waals surface area contributed by atoms with Crippen LogP contribution in [-0.2, 0) is 6.18 Å². The van der Waals surface area contributed by atoms with Gasteiger partial charge in [0.25, 0.3) is 0 Å². The van der Waals surface area contributed by atoms with Crippen molar-refractivity contribution in [1.82, 2.24) is 15.0 Å². The lowest BCUT2D eigenvalue weighted by Crippen LogP contribution is -2.42. The molecule has 0 fully saturated rings. The van der Waals surface area contributed by atoms with Gasteiger partial charge in [-0.3, -0.25) is 15.2 Å². The van der Waals surface area contributed by atoms with Gasteiger partial charge >= 0.3 is 12.2 Å². The predicted molar refractivity (Wildman–Crippen MR) is 116 cm³/mol. The molecule has 0 saturated heterocycles. The number of aromatic nitrogens is 3. The van der Waals surface area contributed by atoms with Gasteiger partial charge in [0, 0.05) is 37.6 Å². The predicted octanol–water partition coefficient (Wildman–Crippen LogP) is 4.82. The summed E-state index contributed by atoms with van der Waals surface area (Å²) in [7, 11) is 1.89. The Morgan fingerprint density at radius 3 is 2.66 bits per heavy atom. The first kappa shape index (κ1) is 21.5. The molecule has 32 heavy (non-hydrogen) atoms. The Morgan fingerprint density at radius 2 is 1.94 bits per heavy atom. The van der Waals surface area contributed by atoms with E-state index in [1.165, 1.54) is 11.0 Å². The first-order valence-corrected chi connectivity index (χ1v) is 10.0. The van der Waals surface area contributed by atoms with Gasteiger partial charge in [-0.15, -0.1) is 0 Å². The van der Waals surface area contributed by atoms with Crippen molar-refractivity contribution in [3.8, 4) is 11.3 Å². The van der Waals surface area contributed by atoms with Gasteiger partial charge in [0.2, 0.25) is 0 Å². The quantitative estimate of drug-likeness (QED) is 0.616. The van der Waals surface area contributed by atoms with E-state index in [0.29, 0.717) is 36.0 Å². The minimum Gasteiger partial charge on any atom is -0.372 e. The van der Waals surface area contributed by atoms with Gasteiger partial charge in [0.05, 0.1) is 11.4 Å². The summed E-state index contributed by atoms with van der Waals surface area (Å²) in [6.07, 6.45) is -1.20. The molecule has 0 spiro atoms. The Morgan fingerprint density at radius 1 is 1.12 bits per heavy atom. The summed E-state index contributed by atoms with van der Waals surface area (Å²) >= 11 is 0. The Labute approximate surface area is 182 Å². The molecule has 1 atom stereocenters. The van der Waals surface area contributed by atoms with E-state index in [-0.39, 0.29) is 11.6 Å². The Hall–Kier alpha value is -3.69. The van der Waals surface area contributed by atoms with Crippen LogP contribution in [0.15, 0.2) is 54.9 Å². The van der Waals surface area contributed by atoms with Crippen LogP contribution in [0.1, 0.15) is 19.0 Å². The summed E-state index contributed by atoms with van der Waals surface area (Å²) in [6, 6.07) is 10.4. The highest BCUT2D eigenvalue weighted by Gasteiger charge is 2.33. The van der Waals surface area contributed by atoms with E-state index < -0.39 is 17.9 Å². The van der Waals surface area contributed by atoms with Crippen molar-refractivity contribution < 1.29 is 18.0 Å². The molecule has 0 aliphatic carbocycles. The molecule has 7 nitrogen and oxygen atoms in total. The number of anilines is 3. The van der Waals surface area contributed by atoms with Crippen LogP contribution in [-0.4, -0.2) is 40.6 Å². The zero-order chi connectivity index (χ0) is 22.9. The standard InChI is InChI=1S/C22H21F3N6O/c1-14-9-12-30(2)17-7-6-16(15-8-11-26-18(13-15)22(23,24)25)28-20(17)31(14)21(32)29-19-5-3-4-10-27-19/h3-8,10-11,13-14H,9,12H2,1-2H3,(H,27,29,32)/t14-/m1/s1. The van der Waals surface area contributed by atoms with Crippen LogP contribution >= 0.6 is 0 Å². The van der Waals surface area contributed by atoms with E-state index in [1.54, 1.807) is 36.5 Å². The lowest BCUT2D eigenvalue weighted by Gasteiger charge is -2.28. The fourth-order valence-electron chi connectivity index (χ4n) is 3.56. The second-order valence-corrected chi connectivity index (χ2v) is 7.54. The van der Waals surface area contributed by atoms with Crippen LogP contribution in [0.3, 0.4) is 0 Å². The molecule has 1 aliphatic heterocycles. The SMILES string of the molecule is C[C@@H]1CCN(C)c2ccc(-c3ccnc(C(F)(F)F)c3)nc2N1C(=O)Nc1ccccn1. The summed E-state index contributed by atoms with van der Waals surface area (Å²) in [4.78, 5) is 28.9. The van der Waals surface area contributed by atoms with E-state index in [9.17, 15) is 18.0 Å². The van der Waals surface area contributed by atoms with Gasteiger partial charge in [0.15, 0.2) is 5.82 Å². The largest absolute Gasteiger partial charge is 0.433 e. The Kier molecular flexibility index (Phi) is 5.68. The van der Waals surface area contributed by atoms with Crippen molar-refractivity contribution in [1.29, 1.82) is 0 Å². The summed E-state index contributed by atoms with van der Waals surface area (Å²) in [5, 5.41) is 2.77. The van der Waals surface area contributed by atoms with Crippen molar-refractivity contribution in [2.75, 3.05) is 28.7 Å². The topological polar surface area (TPSA) is 74.2 Å². The highest BCUT2D eigenvalue weighted by Crippen LogP contribution is 2.36. The number of fused-ring (bicyclic) bond motifs is 1. The molecule has 3 aromatic rings. The molecule has 3 aromatic heterocycles. The van der Waals surface area contributed by atoms with Crippen LogP contribution in [0.4, 0.5) is 35.3 Å². The number of amides is 2. The number of nitrogens with zero attached hydrogens (tertiary/aromatic N) is 5. The van der Waals surface area contributed by atoms with Crippen LogP contribution in [0.5, 0.6) is 0 Å². The third kappa shape index (κ3) is 4.34. The fourth-order valence-corrected chi connectivity index (χ4v) is 3.56. The highest BCUT2D eigenvalue weighted by molar-refractivity contribution is 6.03. The second kappa shape index (κ2) is 8.45. The summed E-state index contributed by atoms with van der Waals surface area (Å²) in [5.74, 6) is 0.762. The number of hydrogen-bond donors (Lipinski definition) is 1. The summed E-state index contributed by atoms with van der Waals surface area (Å²) < 4.78 is 39.4. The molecule has 0 unspecified atom stereocenters. The van der Waals surface area contributed by atoms with E-state index in [4.69, 9.17) is 0 Å². The zero-order valence-corrected chi connectivity index (χ0v) is 17.5. The van der Waals surface area contributed by atoms with E-state index >= 15 is 0 Å². The molecule has 0 bridgehead atoms. The molecular formula is C22H21F3N6O. The summed E-state index contributed by atoms with van der Waals surface area (Å²) in [5.41, 5.74) is 0.288. The molecule has 1 aliphatic rings. The maximum atomic E-state index is 13.2. The number of carbonyl (C=O) groups is 1. The minimum absolute atomic E-state index is 0.201. The average molecular weight is 442 g/mol. The second-order valence-electron chi connectivity index (χ2n) is 7.54. The number of nitrogens with one attached hydrogen (secondary N) is 1. The number of carbonyl (C=O) groups excluding carboxylic acids is 1. The van der Waals surface area contributed by atoms with Gasteiger partial charge < -0.3 is 4.90 Å². The van der Waals surface area contributed by atoms with Crippen LogP contribution in [0, 0.1) is 0 Å². The molecular weight excluding hydrogens is 421 g/mol. The fraction of sp³-hybridized carbons (Fsp3) is 0.273. The highest BCUT2D eigenvalue weighted by atomic mass is 19.4. The Balaban J connectivity index is 1.77. The van der Waals surface area contributed by atoms with Crippen molar-refractivity contribution in [2.45, 2.75) is 25.6 Å². The van der Waals surface area contributed by atoms with E-state index in [0.717, 1.165) is 12.3 Å². The molecule has 10 heteroatoms. The van der Waals surface area contributed by atoms with Crippen LogP contribution < -0.4 is 15.1 Å². The maximum Gasteiger partial charge on any atom is 0.433 e. The van der Waals surface area contributed by atoms with Crippen LogP contribution in [0.25, 0.3) is 11.3 Å². The number of rotatable bonds is 2. The van der Waals surface area contributed by atoms with Gasteiger partial charge in [-0.05, 0) is 49.7 Å². The molecule has 4 heterocycles. The van der Waals surface area contributed by atoms with Crippen molar-refractivity contribution in [3.05, 3.63) is 60.6 Å². The van der Waals surface area contributed by atoms with E-state index in [2.05, 4.69) is 20.3 Å². The molecule has 2 amide bonds. The Bertz CT molecular complexity index is 1120. The van der Waals surface area contributed by atoms with Crippen molar-refractivity contribution in [3.63, 3.8) is 0 Å². The smallest absolute Gasteiger partial charge is 0.372 e. The first-order chi connectivity index (χ1) is 15.2. The molecule has 1 N–H and O–H groups in total. The number of hydrogen-bond acceptors (Lipinski definition) is 5. The van der Waals surface area contributed by atoms with Crippen LogP contribution in [0.2, 0.25) is 0 Å². The minimum atomic E-state index is -4.56. The van der Waals surface area contributed by atoms with Gasteiger partial charge in [-0.2, -0.15) is 13.2 Å². The monoisotopic (exact) mass is 442 g/mol. The lowest BCUT2D eigenvalue weighted by molar-refractivity contribution is -0.141. The number of halogens is 3. The van der Waals surface area contributed by atoms with Gasteiger partial charge in [0.1, 0.15) is 11.5 Å². The third-order valence-corrected chi connectivity index (χ3v) is 5.28. The molecule has 0 radical (unpaired) electrons. The zero-order valence-electron chi connectivity index (χ0n) is 17.5. The third-order valence-electron chi connectivity index (χ3n) is 5.28. The maximum absolute atomic E-state index is 13.2. The lowest BCUT2D eigenvalue weighted by atomic mass is 10.1. The normalized spacial score (nSPS) is 16.3. The first-order valence-electron chi connectivity index (χ1n) is 10.0. The summed E-state index contributed by atoms with van der Waals surface area (Å²) in [6.45, 7) is 2.60. The molecule has 166 valence electrons.